The fourth-order valence-corrected chi connectivity index (χ4v) is 3.77. The number of ether oxygens (including phenoxy) is 3. The second-order valence-corrected chi connectivity index (χ2v) is 7.95. The van der Waals surface area contributed by atoms with E-state index < -0.39 is 30.4 Å². The number of imide groups is 1. The standard InChI is InChI=1S/C22H19IN2O8/c1-31-17-9-13(8-16-20(27)25(22(30)24-16)10-18(26)32-2)7-15(23)19(17)33-11-12-4-3-5-14(6-12)21(28)29/h3-9H,10-11H2,1-2H3,(H,24,30)(H,28,29)/b16-8+. The first-order chi connectivity index (χ1) is 15.7. The zero-order valence-electron chi connectivity index (χ0n) is 17.6. The Balaban J connectivity index is 1.81. The van der Waals surface area contributed by atoms with Crippen molar-refractivity contribution in [2.45, 2.75) is 6.61 Å². The minimum absolute atomic E-state index is 0.000843. The highest BCUT2D eigenvalue weighted by Gasteiger charge is 2.35. The molecule has 172 valence electrons. The number of benzene rings is 2. The van der Waals surface area contributed by atoms with Crippen LogP contribution in [0.4, 0.5) is 4.79 Å². The number of carboxylic acid groups (broad SMARTS) is 1. The van der Waals surface area contributed by atoms with Crippen molar-refractivity contribution in [3.05, 3.63) is 62.4 Å². The molecule has 1 saturated heterocycles. The summed E-state index contributed by atoms with van der Waals surface area (Å²) in [6, 6.07) is 9.03. The number of hydrogen-bond donors (Lipinski definition) is 2. The molecular formula is C22H19IN2O8. The summed E-state index contributed by atoms with van der Waals surface area (Å²) in [6.07, 6.45) is 1.46. The Morgan fingerprint density at radius 1 is 1.18 bits per heavy atom. The summed E-state index contributed by atoms with van der Waals surface area (Å²) in [5.41, 5.74) is 1.38. The molecule has 0 radical (unpaired) electrons. The first-order valence-electron chi connectivity index (χ1n) is 9.47. The molecular weight excluding hydrogens is 547 g/mol. The smallest absolute Gasteiger partial charge is 0.335 e. The maximum atomic E-state index is 12.5. The molecule has 0 bridgehead atoms. The van der Waals surface area contributed by atoms with Crippen LogP contribution in [0.1, 0.15) is 21.5 Å². The van der Waals surface area contributed by atoms with E-state index in [1.54, 1.807) is 24.3 Å². The Morgan fingerprint density at radius 2 is 1.94 bits per heavy atom. The Labute approximate surface area is 202 Å². The van der Waals surface area contributed by atoms with Crippen LogP contribution in [-0.4, -0.2) is 54.6 Å². The maximum Gasteiger partial charge on any atom is 0.335 e. The fourth-order valence-electron chi connectivity index (χ4n) is 2.99. The van der Waals surface area contributed by atoms with Gasteiger partial charge in [-0.1, -0.05) is 12.1 Å². The maximum absolute atomic E-state index is 12.5. The lowest BCUT2D eigenvalue weighted by Crippen LogP contribution is -2.36. The number of carbonyl (C=O) groups is 4. The number of esters is 1. The number of carboxylic acids is 1. The Bertz CT molecular complexity index is 1160. The molecule has 0 saturated carbocycles. The Kier molecular flexibility index (Phi) is 7.53. The first-order valence-corrected chi connectivity index (χ1v) is 10.5. The van der Waals surface area contributed by atoms with Crippen LogP contribution in [-0.2, 0) is 20.9 Å². The number of carbonyl (C=O) groups excluding carboxylic acids is 3. The lowest BCUT2D eigenvalue weighted by molar-refractivity contribution is -0.143. The minimum atomic E-state index is -1.03. The summed E-state index contributed by atoms with van der Waals surface area (Å²) in [5.74, 6) is -1.58. The molecule has 0 aliphatic carbocycles. The molecule has 2 aromatic rings. The van der Waals surface area contributed by atoms with Gasteiger partial charge in [-0.25, -0.2) is 14.5 Å². The van der Waals surface area contributed by atoms with E-state index in [1.165, 1.54) is 25.3 Å². The number of aromatic carboxylic acids is 1. The van der Waals surface area contributed by atoms with Gasteiger partial charge in [-0.2, -0.15) is 0 Å². The molecule has 1 aliphatic heterocycles. The van der Waals surface area contributed by atoms with Gasteiger partial charge >= 0.3 is 18.0 Å². The van der Waals surface area contributed by atoms with E-state index in [0.29, 0.717) is 26.2 Å². The number of rotatable bonds is 8. The van der Waals surface area contributed by atoms with E-state index in [0.717, 1.165) is 12.0 Å². The van der Waals surface area contributed by atoms with Gasteiger partial charge in [0.1, 0.15) is 18.8 Å². The second kappa shape index (κ2) is 10.3. The average molecular weight is 566 g/mol. The summed E-state index contributed by atoms with van der Waals surface area (Å²) in [5, 5.41) is 11.6. The van der Waals surface area contributed by atoms with Gasteiger partial charge in [0, 0.05) is 0 Å². The Hall–Kier alpha value is -3.61. The van der Waals surface area contributed by atoms with Crippen molar-refractivity contribution in [3.63, 3.8) is 0 Å². The van der Waals surface area contributed by atoms with E-state index in [1.807, 2.05) is 22.6 Å². The third-order valence-corrected chi connectivity index (χ3v) is 5.40. The number of methoxy groups -OCH3 is 2. The molecule has 2 aromatic carbocycles. The molecule has 1 aliphatic rings. The highest BCUT2D eigenvalue weighted by Crippen LogP contribution is 2.35. The number of halogens is 1. The highest BCUT2D eigenvalue weighted by atomic mass is 127. The third kappa shape index (κ3) is 5.61. The fraction of sp³-hybridized carbons (Fsp3) is 0.182. The summed E-state index contributed by atoms with van der Waals surface area (Å²) >= 11 is 2.04. The van der Waals surface area contributed by atoms with Crippen molar-refractivity contribution < 1.29 is 38.5 Å². The van der Waals surface area contributed by atoms with E-state index >= 15 is 0 Å². The quantitative estimate of drug-likeness (QED) is 0.216. The van der Waals surface area contributed by atoms with E-state index in [9.17, 15) is 19.2 Å². The lowest BCUT2D eigenvalue weighted by Gasteiger charge is -2.14. The zero-order valence-corrected chi connectivity index (χ0v) is 19.7. The molecule has 0 unspecified atom stereocenters. The van der Waals surface area contributed by atoms with Crippen LogP contribution in [0.3, 0.4) is 0 Å². The third-order valence-electron chi connectivity index (χ3n) is 4.60. The van der Waals surface area contributed by atoms with Gasteiger partial charge in [0.05, 0.1) is 23.4 Å². The van der Waals surface area contributed by atoms with Gasteiger partial charge in [0.2, 0.25) is 0 Å². The molecule has 10 nitrogen and oxygen atoms in total. The molecule has 3 amide bonds. The molecule has 33 heavy (non-hydrogen) atoms. The van der Waals surface area contributed by atoms with E-state index in [4.69, 9.17) is 14.6 Å². The van der Waals surface area contributed by atoms with Crippen molar-refractivity contribution in [1.29, 1.82) is 0 Å². The average Bonchev–Trinajstić information content (AvgIpc) is 3.05. The second-order valence-electron chi connectivity index (χ2n) is 6.78. The molecule has 0 spiro atoms. The summed E-state index contributed by atoms with van der Waals surface area (Å²) in [6.45, 7) is -0.375. The van der Waals surface area contributed by atoms with Gasteiger partial charge in [0.15, 0.2) is 11.5 Å². The first kappa shape index (κ1) is 24.0. The summed E-state index contributed by atoms with van der Waals surface area (Å²) in [4.78, 5) is 47.8. The number of nitrogens with one attached hydrogen (secondary N) is 1. The van der Waals surface area contributed by atoms with E-state index in [2.05, 4.69) is 10.1 Å². The lowest BCUT2D eigenvalue weighted by atomic mass is 10.1. The SMILES string of the molecule is COC(=O)CN1C(=O)N/C(=C/c2cc(I)c(OCc3cccc(C(=O)O)c3)c(OC)c2)C1=O. The van der Waals surface area contributed by atoms with Crippen molar-refractivity contribution >= 4 is 52.5 Å². The number of hydrogen-bond acceptors (Lipinski definition) is 7. The van der Waals surface area contributed by atoms with Crippen molar-refractivity contribution in [2.24, 2.45) is 0 Å². The normalized spacial score (nSPS) is 14.3. The minimum Gasteiger partial charge on any atom is -0.493 e. The zero-order chi connectivity index (χ0) is 24.1. The molecule has 1 heterocycles. The van der Waals surface area contributed by atoms with Crippen molar-refractivity contribution in [2.75, 3.05) is 20.8 Å². The monoisotopic (exact) mass is 566 g/mol. The predicted octanol–water partition coefficient (Wildman–Crippen LogP) is 2.64. The van der Waals surface area contributed by atoms with Crippen LogP contribution in [0.15, 0.2) is 42.1 Å². The molecule has 2 N–H and O–H groups in total. The number of amides is 3. The molecule has 3 rings (SSSR count). The van der Waals surface area contributed by atoms with Gasteiger partial charge in [-0.3, -0.25) is 9.59 Å². The van der Waals surface area contributed by atoms with Crippen LogP contribution in [0.25, 0.3) is 6.08 Å². The van der Waals surface area contributed by atoms with Crippen LogP contribution < -0.4 is 14.8 Å². The van der Waals surface area contributed by atoms with Gasteiger partial charge in [0.25, 0.3) is 5.91 Å². The summed E-state index contributed by atoms with van der Waals surface area (Å²) in [7, 11) is 2.62. The number of nitrogens with zero attached hydrogens (tertiary/aromatic N) is 1. The van der Waals surface area contributed by atoms with Crippen LogP contribution in [0.2, 0.25) is 0 Å². The topological polar surface area (TPSA) is 131 Å². The van der Waals surface area contributed by atoms with Gasteiger partial charge < -0.3 is 24.6 Å². The van der Waals surface area contributed by atoms with Crippen LogP contribution in [0.5, 0.6) is 11.5 Å². The highest BCUT2D eigenvalue weighted by molar-refractivity contribution is 14.1. The molecule has 0 aromatic heterocycles. The summed E-state index contributed by atoms with van der Waals surface area (Å²) < 4.78 is 16.5. The van der Waals surface area contributed by atoms with Crippen molar-refractivity contribution in [3.8, 4) is 11.5 Å². The predicted molar refractivity (Wildman–Crippen MR) is 124 cm³/mol. The number of urea groups is 1. The van der Waals surface area contributed by atoms with Crippen molar-refractivity contribution in [1.82, 2.24) is 10.2 Å². The van der Waals surface area contributed by atoms with Gasteiger partial charge in [-0.05, 0) is 64.1 Å². The molecule has 11 heteroatoms. The van der Waals surface area contributed by atoms with Crippen LogP contribution >= 0.6 is 22.6 Å². The van der Waals surface area contributed by atoms with Gasteiger partial charge in [-0.15, -0.1) is 0 Å². The largest absolute Gasteiger partial charge is 0.493 e. The molecule has 1 fully saturated rings. The van der Waals surface area contributed by atoms with E-state index in [-0.39, 0.29) is 17.9 Å². The Morgan fingerprint density at radius 3 is 2.61 bits per heavy atom. The molecule has 0 atom stereocenters. The van der Waals surface area contributed by atoms with Crippen LogP contribution in [0, 0.1) is 3.57 Å².